The Hall–Kier alpha value is -1.23. The molecule has 1 saturated heterocycles. The highest BCUT2D eigenvalue weighted by Gasteiger charge is 2.19. The fourth-order valence-electron chi connectivity index (χ4n) is 1.87. The van der Waals surface area contributed by atoms with Gasteiger partial charge in [0.05, 0.1) is 17.7 Å². The van der Waals surface area contributed by atoms with E-state index >= 15 is 0 Å². The van der Waals surface area contributed by atoms with Crippen molar-refractivity contribution in [2.24, 2.45) is 0 Å². The van der Waals surface area contributed by atoms with Gasteiger partial charge in [-0.25, -0.2) is 4.79 Å². The monoisotopic (exact) mass is 314 g/mol. The molecular formula is C14H22N2O4S. The molecule has 0 radical (unpaired) electrons. The smallest absolute Gasteiger partial charge is 0.351 e. The van der Waals surface area contributed by atoms with Crippen molar-refractivity contribution in [3.8, 4) is 6.07 Å². The summed E-state index contributed by atoms with van der Waals surface area (Å²) in [4.78, 5) is 11.9. The van der Waals surface area contributed by atoms with Gasteiger partial charge in [-0.15, -0.1) is 11.8 Å². The molecule has 0 aromatic rings. The molecule has 0 aliphatic carbocycles. The van der Waals surface area contributed by atoms with Crippen molar-refractivity contribution in [2.75, 3.05) is 39.2 Å². The highest BCUT2D eigenvalue weighted by atomic mass is 32.2. The Labute approximate surface area is 129 Å². The third kappa shape index (κ3) is 6.38. The highest BCUT2D eigenvalue weighted by molar-refractivity contribution is 8.02. The molecule has 1 fully saturated rings. The molecule has 1 atom stereocenters. The summed E-state index contributed by atoms with van der Waals surface area (Å²) in [5.74, 6) is -0.624. The van der Waals surface area contributed by atoms with Gasteiger partial charge >= 0.3 is 5.97 Å². The van der Waals surface area contributed by atoms with Crippen LogP contribution in [0.5, 0.6) is 0 Å². The van der Waals surface area contributed by atoms with Crippen molar-refractivity contribution in [1.82, 2.24) is 5.32 Å². The summed E-state index contributed by atoms with van der Waals surface area (Å²) in [6.07, 6.45) is 3.99. The molecule has 118 valence electrons. The van der Waals surface area contributed by atoms with Crippen LogP contribution in [0.15, 0.2) is 10.6 Å². The normalized spacial score (nSPS) is 18.8. The standard InChI is InChI=1S/C14H22N2O4S/c1-3-18-7-8-20-14(17)12(9-15)13(21-2)16-10-11-5-4-6-19-11/h11,16H,3-8,10H2,1-2H3/b13-12+. The molecule has 0 amide bonds. The topological polar surface area (TPSA) is 80.6 Å². The quantitative estimate of drug-likeness (QED) is 0.298. The molecule has 0 aromatic heterocycles. The number of ether oxygens (including phenoxy) is 3. The Bertz CT molecular complexity index is 400. The average molecular weight is 314 g/mol. The SMILES string of the molecule is CCOCCOC(=O)/C(C#N)=C(\NCC1CCCO1)SC. The number of nitriles is 1. The van der Waals surface area contributed by atoms with Crippen molar-refractivity contribution < 1.29 is 19.0 Å². The first-order valence-corrected chi connectivity index (χ1v) is 8.24. The Morgan fingerprint density at radius 3 is 2.90 bits per heavy atom. The third-order valence-corrected chi connectivity index (χ3v) is 3.68. The molecule has 1 heterocycles. The Balaban J connectivity index is 2.53. The first-order chi connectivity index (χ1) is 10.2. The van der Waals surface area contributed by atoms with Gasteiger partial charge in [0.15, 0.2) is 5.57 Å². The summed E-state index contributed by atoms with van der Waals surface area (Å²) in [5, 5.41) is 12.8. The van der Waals surface area contributed by atoms with Gasteiger partial charge in [0.25, 0.3) is 0 Å². The molecule has 0 spiro atoms. The lowest BCUT2D eigenvalue weighted by Gasteiger charge is -2.14. The predicted molar refractivity (Wildman–Crippen MR) is 80.6 cm³/mol. The Morgan fingerprint density at radius 1 is 1.52 bits per heavy atom. The molecule has 1 unspecified atom stereocenters. The predicted octanol–water partition coefficient (Wildman–Crippen LogP) is 1.43. The van der Waals surface area contributed by atoms with E-state index in [2.05, 4.69) is 5.32 Å². The summed E-state index contributed by atoms with van der Waals surface area (Å²) in [5.41, 5.74) is -0.00278. The van der Waals surface area contributed by atoms with Crippen LogP contribution in [-0.4, -0.2) is 51.3 Å². The van der Waals surface area contributed by atoms with E-state index in [1.165, 1.54) is 11.8 Å². The number of hydrogen-bond acceptors (Lipinski definition) is 7. The molecule has 1 rings (SSSR count). The van der Waals surface area contributed by atoms with Crippen molar-refractivity contribution in [1.29, 1.82) is 5.26 Å². The highest BCUT2D eigenvalue weighted by Crippen LogP contribution is 2.17. The van der Waals surface area contributed by atoms with E-state index in [0.29, 0.717) is 24.8 Å². The van der Waals surface area contributed by atoms with Gasteiger partial charge in [0.2, 0.25) is 0 Å². The van der Waals surface area contributed by atoms with Crippen LogP contribution in [-0.2, 0) is 19.0 Å². The van der Waals surface area contributed by atoms with Gasteiger partial charge in [0.1, 0.15) is 12.7 Å². The molecule has 1 N–H and O–H groups in total. The largest absolute Gasteiger partial charge is 0.459 e. The molecule has 0 saturated carbocycles. The van der Waals surface area contributed by atoms with Crippen LogP contribution in [0.25, 0.3) is 0 Å². The van der Waals surface area contributed by atoms with Crippen LogP contribution in [0, 0.1) is 11.3 Å². The van der Waals surface area contributed by atoms with Crippen LogP contribution in [0.1, 0.15) is 19.8 Å². The Morgan fingerprint density at radius 2 is 2.33 bits per heavy atom. The first-order valence-electron chi connectivity index (χ1n) is 7.01. The van der Waals surface area contributed by atoms with E-state index < -0.39 is 5.97 Å². The number of esters is 1. The number of carbonyl (C=O) groups excluding carboxylic acids is 1. The Kier molecular flexibility index (Phi) is 8.90. The number of hydrogen-bond donors (Lipinski definition) is 1. The van der Waals surface area contributed by atoms with Crippen molar-refractivity contribution in [2.45, 2.75) is 25.9 Å². The molecule has 7 heteroatoms. The second-order valence-corrected chi connectivity index (χ2v) is 5.19. The second kappa shape index (κ2) is 10.5. The fourth-order valence-corrected chi connectivity index (χ4v) is 2.43. The summed E-state index contributed by atoms with van der Waals surface area (Å²) in [7, 11) is 0. The van der Waals surface area contributed by atoms with Crippen molar-refractivity contribution in [3.63, 3.8) is 0 Å². The van der Waals surface area contributed by atoms with Crippen molar-refractivity contribution in [3.05, 3.63) is 10.6 Å². The van der Waals surface area contributed by atoms with E-state index in [9.17, 15) is 4.79 Å². The lowest BCUT2D eigenvalue weighted by Crippen LogP contribution is -2.27. The van der Waals surface area contributed by atoms with Crippen LogP contribution < -0.4 is 5.32 Å². The number of nitrogens with zero attached hydrogens (tertiary/aromatic N) is 1. The number of rotatable bonds is 9. The minimum Gasteiger partial charge on any atom is -0.459 e. The van der Waals surface area contributed by atoms with E-state index in [0.717, 1.165) is 19.4 Å². The van der Waals surface area contributed by atoms with Crippen molar-refractivity contribution >= 4 is 17.7 Å². The van der Waals surface area contributed by atoms with Gasteiger partial charge in [0, 0.05) is 19.8 Å². The van der Waals surface area contributed by atoms with Crippen LogP contribution in [0.3, 0.4) is 0 Å². The van der Waals surface area contributed by atoms with Gasteiger partial charge in [-0.3, -0.25) is 0 Å². The average Bonchev–Trinajstić information content (AvgIpc) is 3.01. The minimum absolute atomic E-state index is 0.00278. The summed E-state index contributed by atoms with van der Waals surface area (Å²) in [6, 6.07) is 1.91. The molecule has 6 nitrogen and oxygen atoms in total. The number of thioether (sulfide) groups is 1. The maximum absolute atomic E-state index is 11.9. The lowest BCUT2D eigenvalue weighted by molar-refractivity contribution is -0.140. The summed E-state index contributed by atoms with van der Waals surface area (Å²) < 4.78 is 15.6. The lowest BCUT2D eigenvalue weighted by atomic mass is 10.2. The van der Waals surface area contributed by atoms with Gasteiger partial charge < -0.3 is 19.5 Å². The zero-order valence-electron chi connectivity index (χ0n) is 12.5. The molecular weight excluding hydrogens is 292 g/mol. The van der Waals surface area contributed by atoms with Gasteiger partial charge in [-0.05, 0) is 26.0 Å². The zero-order chi connectivity index (χ0) is 15.5. The minimum atomic E-state index is -0.624. The third-order valence-electron chi connectivity index (χ3n) is 2.93. The van der Waals surface area contributed by atoms with E-state index in [-0.39, 0.29) is 18.3 Å². The van der Waals surface area contributed by atoms with E-state index in [1.54, 1.807) is 0 Å². The fraction of sp³-hybridized carbons (Fsp3) is 0.714. The van der Waals surface area contributed by atoms with Crippen LogP contribution >= 0.6 is 11.8 Å². The first kappa shape index (κ1) is 17.8. The summed E-state index contributed by atoms with van der Waals surface area (Å²) >= 11 is 1.32. The molecule has 1 aliphatic heterocycles. The van der Waals surface area contributed by atoms with E-state index in [4.69, 9.17) is 19.5 Å². The molecule has 0 bridgehead atoms. The maximum Gasteiger partial charge on any atom is 0.351 e. The van der Waals surface area contributed by atoms with Crippen LogP contribution in [0.4, 0.5) is 0 Å². The summed E-state index contributed by atoms with van der Waals surface area (Å²) in [6.45, 7) is 4.27. The van der Waals surface area contributed by atoms with Gasteiger partial charge in [-0.1, -0.05) is 0 Å². The zero-order valence-corrected chi connectivity index (χ0v) is 13.3. The maximum atomic E-state index is 11.9. The molecule has 0 aromatic carbocycles. The number of carbonyl (C=O) groups is 1. The second-order valence-electron chi connectivity index (χ2n) is 4.37. The molecule has 1 aliphatic rings. The molecule has 21 heavy (non-hydrogen) atoms. The van der Waals surface area contributed by atoms with Crippen LogP contribution in [0.2, 0.25) is 0 Å². The van der Waals surface area contributed by atoms with Gasteiger partial charge in [-0.2, -0.15) is 5.26 Å². The number of nitrogens with one attached hydrogen (secondary N) is 1. The van der Waals surface area contributed by atoms with E-state index in [1.807, 2.05) is 19.2 Å².